The van der Waals surface area contributed by atoms with Gasteiger partial charge in [-0.3, -0.25) is 4.79 Å². The highest BCUT2D eigenvalue weighted by Crippen LogP contribution is 2.23. The molecular weight excluding hydrogens is 268 g/mol. The Labute approximate surface area is 123 Å². The van der Waals surface area contributed by atoms with Crippen LogP contribution < -0.4 is 5.73 Å². The fraction of sp³-hybridized carbons (Fsp3) is 0.375. The van der Waals surface area contributed by atoms with E-state index >= 15 is 0 Å². The lowest BCUT2D eigenvalue weighted by Gasteiger charge is -2.21. The van der Waals surface area contributed by atoms with Crippen LogP contribution in [0.2, 0.25) is 0 Å². The van der Waals surface area contributed by atoms with E-state index in [2.05, 4.69) is 4.98 Å². The summed E-state index contributed by atoms with van der Waals surface area (Å²) >= 11 is 1.52. The van der Waals surface area contributed by atoms with E-state index in [9.17, 15) is 4.79 Å². The fourth-order valence-corrected chi connectivity index (χ4v) is 2.93. The molecule has 0 aliphatic rings. The average molecular weight is 288 g/mol. The van der Waals surface area contributed by atoms with E-state index in [4.69, 9.17) is 5.73 Å². The third-order valence-corrected chi connectivity index (χ3v) is 4.19. The number of carbonyl (C=O) groups is 1. The van der Waals surface area contributed by atoms with Gasteiger partial charge in [0, 0.05) is 10.9 Å². The van der Waals surface area contributed by atoms with Gasteiger partial charge in [-0.25, -0.2) is 4.98 Å². The summed E-state index contributed by atoms with van der Waals surface area (Å²) in [5.74, 6) is 0.0633. The molecular formula is C16H20N2OS. The Bertz CT molecular complexity index is 575. The molecule has 0 aliphatic heterocycles. The van der Waals surface area contributed by atoms with Crippen LogP contribution in [0.4, 0.5) is 0 Å². The molecule has 0 bridgehead atoms. The average Bonchev–Trinajstić information content (AvgIpc) is 2.88. The van der Waals surface area contributed by atoms with Crippen molar-refractivity contribution in [3.8, 4) is 11.3 Å². The number of ketones is 1. The normalized spacial score (nSPS) is 13.9. The summed E-state index contributed by atoms with van der Waals surface area (Å²) in [5, 5.41) is 2.83. The van der Waals surface area contributed by atoms with Crippen molar-refractivity contribution in [3.63, 3.8) is 0 Å². The van der Waals surface area contributed by atoms with Gasteiger partial charge in [-0.05, 0) is 13.3 Å². The summed E-state index contributed by atoms with van der Waals surface area (Å²) in [6.07, 6.45) is 1.94. The Morgan fingerprint density at radius 3 is 2.70 bits per heavy atom. The van der Waals surface area contributed by atoms with Crippen molar-refractivity contribution in [2.24, 2.45) is 5.73 Å². The molecule has 4 heteroatoms. The predicted molar refractivity (Wildman–Crippen MR) is 83.8 cm³/mol. The van der Waals surface area contributed by atoms with E-state index < -0.39 is 5.54 Å². The van der Waals surface area contributed by atoms with Crippen LogP contribution in [0.1, 0.15) is 31.7 Å². The van der Waals surface area contributed by atoms with E-state index in [0.29, 0.717) is 12.8 Å². The predicted octanol–water partition coefficient (Wildman–Crippen LogP) is 3.44. The van der Waals surface area contributed by atoms with Crippen LogP contribution >= 0.6 is 11.3 Å². The first-order valence-electron chi connectivity index (χ1n) is 6.85. The molecule has 0 amide bonds. The number of thiazole rings is 1. The minimum atomic E-state index is -0.743. The number of Topliss-reactive ketones (excluding diaryl/α,β-unsaturated/α-hetero) is 1. The SMILES string of the molecule is CCCC(C)(N)C(=O)Cc1nc(-c2ccccc2)cs1. The summed E-state index contributed by atoms with van der Waals surface area (Å²) in [6.45, 7) is 3.85. The second-order valence-corrected chi connectivity index (χ2v) is 6.20. The van der Waals surface area contributed by atoms with Gasteiger partial charge in [0.15, 0.2) is 5.78 Å². The molecule has 106 valence electrons. The monoisotopic (exact) mass is 288 g/mol. The summed E-state index contributed by atoms with van der Waals surface area (Å²) in [7, 11) is 0. The Morgan fingerprint density at radius 1 is 1.35 bits per heavy atom. The standard InChI is InChI=1S/C16H20N2OS/c1-3-9-16(2,17)14(19)10-15-18-13(11-20-15)12-7-5-4-6-8-12/h4-8,11H,3,9-10,17H2,1-2H3. The summed E-state index contributed by atoms with van der Waals surface area (Å²) in [5.41, 5.74) is 7.32. The van der Waals surface area contributed by atoms with Crippen molar-refractivity contribution in [1.29, 1.82) is 0 Å². The summed E-state index contributed by atoms with van der Waals surface area (Å²) in [4.78, 5) is 16.7. The number of rotatable bonds is 6. The van der Waals surface area contributed by atoms with Crippen LogP contribution in [0.5, 0.6) is 0 Å². The van der Waals surface area contributed by atoms with Crippen molar-refractivity contribution in [2.75, 3.05) is 0 Å². The Balaban J connectivity index is 2.09. The van der Waals surface area contributed by atoms with Gasteiger partial charge in [-0.2, -0.15) is 0 Å². The van der Waals surface area contributed by atoms with Gasteiger partial charge < -0.3 is 5.73 Å². The topological polar surface area (TPSA) is 56.0 Å². The smallest absolute Gasteiger partial charge is 0.159 e. The molecule has 0 fully saturated rings. The van der Waals surface area contributed by atoms with Crippen LogP contribution in [0.25, 0.3) is 11.3 Å². The van der Waals surface area contributed by atoms with Crippen LogP contribution in [0.3, 0.4) is 0 Å². The molecule has 0 saturated heterocycles. The third-order valence-electron chi connectivity index (χ3n) is 3.34. The first-order valence-corrected chi connectivity index (χ1v) is 7.73. The molecule has 1 heterocycles. The highest BCUT2D eigenvalue weighted by atomic mass is 32.1. The van der Waals surface area contributed by atoms with Crippen molar-refractivity contribution < 1.29 is 4.79 Å². The molecule has 1 unspecified atom stereocenters. The van der Waals surface area contributed by atoms with Gasteiger partial charge in [-0.1, -0.05) is 43.7 Å². The number of aromatic nitrogens is 1. The molecule has 2 N–H and O–H groups in total. The number of carbonyl (C=O) groups excluding carboxylic acids is 1. The molecule has 1 atom stereocenters. The molecule has 0 spiro atoms. The molecule has 3 nitrogen and oxygen atoms in total. The van der Waals surface area contributed by atoms with E-state index in [0.717, 1.165) is 22.7 Å². The first kappa shape index (κ1) is 14.9. The van der Waals surface area contributed by atoms with Crippen LogP contribution in [0, 0.1) is 0 Å². The maximum absolute atomic E-state index is 12.2. The van der Waals surface area contributed by atoms with Crippen molar-refractivity contribution in [2.45, 2.75) is 38.6 Å². The molecule has 0 saturated carbocycles. The minimum absolute atomic E-state index is 0.0633. The van der Waals surface area contributed by atoms with Gasteiger partial charge in [0.1, 0.15) is 5.01 Å². The van der Waals surface area contributed by atoms with Gasteiger partial charge in [0.05, 0.1) is 17.7 Å². The Kier molecular flexibility index (Phi) is 4.68. The number of benzene rings is 1. The largest absolute Gasteiger partial charge is 0.319 e. The lowest BCUT2D eigenvalue weighted by atomic mass is 9.91. The quantitative estimate of drug-likeness (QED) is 0.886. The lowest BCUT2D eigenvalue weighted by Crippen LogP contribution is -2.45. The highest BCUT2D eigenvalue weighted by Gasteiger charge is 2.27. The van der Waals surface area contributed by atoms with Crippen LogP contribution in [-0.2, 0) is 11.2 Å². The van der Waals surface area contributed by atoms with E-state index in [1.165, 1.54) is 11.3 Å². The highest BCUT2D eigenvalue weighted by molar-refractivity contribution is 7.10. The molecule has 0 radical (unpaired) electrons. The fourth-order valence-electron chi connectivity index (χ4n) is 2.13. The maximum Gasteiger partial charge on any atom is 0.159 e. The number of nitrogens with zero attached hydrogens (tertiary/aromatic N) is 1. The summed E-state index contributed by atoms with van der Waals surface area (Å²) < 4.78 is 0. The number of hydrogen-bond donors (Lipinski definition) is 1. The van der Waals surface area contributed by atoms with Crippen molar-refractivity contribution in [1.82, 2.24) is 4.98 Å². The lowest BCUT2D eigenvalue weighted by molar-refractivity contribution is -0.123. The van der Waals surface area contributed by atoms with Crippen LogP contribution in [0.15, 0.2) is 35.7 Å². The third kappa shape index (κ3) is 3.52. The molecule has 0 aliphatic carbocycles. The second-order valence-electron chi connectivity index (χ2n) is 5.26. The first-order chi connectivity index (χ1) is 9.53. The zero-order chi connectivity index (χ0) is 14.6. The molecule has 1 aromatic carbocycles. The van der Waals surface area contributed by atoms with Gasteiger partial charge in [0.2, 0.25) is 0 Å². The number of hydrogen-bond acceptors (Lipinski definition) is 4. The van der Waals surface area contributed by atoms with Crippen LogP contribution in [-0.4, -0.2) is 16.3 Å². The van der Waals surface area contributed by atoms with Gasteiger partial charge in [-0.15, -0.1) is 11.3 Å². The second kappa shape index (κ2) is 6.29. The van der Waals surface area contributed by atoms with Gasteiger partial charge >= 0.3 is 0 Å². The molecule has 2 aromatic rings. The molecule has 20 heavy (non-hydrogen) atoms. The Morgan fingerprint density at radius 2 is 2.05 bits per heavy atom. The minimum Gasteiger partial charge on any atom is -0.319 e. The number of nitrogens with two attached hydrogens (primary N) is 1. The molecule has 2 rings (SSSR count). The van der Waals surface area contributed by atoms with E-state index in [-0.39, 0.29) is 5.78 Å². The maximum atomic E-state index is 12.2. The zero-order valence-electron chi connectivity index (χ0n) is 11.9. The van der Waals surface area contributed by atoms with Gasteiger partial charge in [0.25, 0.3) is 0 Å². The molecule has 1 aromatic heterocycles. The van der Waals surface area contributed by atoms with Crippen molar-refractivity contribution in [3.05, 3.63) is 40.7 Å². The van der Waals surface area contributed by atoms with E-state index in [1.54, 1.807) is 0 Å². The van der Waals surface area contributed by atoms with Crippen molar-refractivity contribution >= 4 is 17.1 Å². The zero-order valence-corrected chi connectivity index (χ0v) is 12.7. The summed E-state index contributed by atoms with van der Waals surface area (Å²) in [6, 6.07) is 9.98. The Hall–Kier alpha value is -1.52. The van der Waals surface area contributed by atoms with E-state index in [1.807, 2.05) is 49.6 Å².